The summed E-state index contributed by atoms with van der Waals surface area (Å²) in [5.41, 5.74) is 3.02. The minimum absolute atomic E-state index is 0.0661. The summed E-state index contributed by atoms with van der Waals surface area (Å²) in [5, 5.41) is 12.0. The Morgan fingerprint density at radius 3 is 2.54 bits per heavy atom. The number of carbonyl (C=O) groups excluding carboxylic acids is 1. The fourth-order valence-electron chi connectivity index (χ4n) is 2.75. The smallest absolute Gasteiger partial charge is 0.237 e. The predicted octanol–water partition coefficient (Wildman–Crippen LogP) is 4.81. The van der Waals surface area contributed by atoms with Crippen LogP contribution in [0.25, 0.3) is 11.4 Å². The molecule has 3 aromatic rings. The molecule has 28 heavy (non-hydrogen) atoms. The Balaban J connectivity index is 1.73. The number of anilines is 1. The molecule has 0 saturated heterocycles. The molecule has 1 heterocycles. The van der Waals surface area contributed by atoms with Crippen LogP contribution in [0.1, 0.15) is 19.4 Å². The van der Waals surface area contributed by atoms with Crippen LogP contribution in [0.5, 0.6) is 0 Å². The number of benzene rings is 2. The molecule has 0 fully saturated rings. The quantitative estimate of drug-likeness (QED) is 0.441. The lowest BCUT2D eigenvalue weighted by Crippen LogP contribution is -2.23. The topological polar surface area (TPSA) is 59.8 Å². The molecule has 0 saturated carbocycles. The van der Waals surface area contributed by atoms with Crippen LogP contribution in [0.3, 0.4) is 0 Å². The highest BCUT2D eigenvalue weighted by Gasteiger charge is 2.20. The number of aromatic nitrogens is 3. The maximum atomic E-state index is 12.6. The molecule has 1 amide bonds. The number of carbonyl (C=O) groups is 1. The molecule has 1 atom stereocenters. The summed E-state index contributed by atoms with van der Waals surface area (Å²) in [7, 11) is 0. The van der Waals surface area contributed by atoms with Crippen molar-refractivity contribution in [3.63, 3.8) is 0 Å². The van der Waals surface area contributed by atoms with Crippen LogP contribution in [0, 0.1) is 0 Å². The summed E-state index contributed by atoms with van der Waals surface area (Å²) in [4.78, 5) is 12.6. The third-order valence-corrected chi connectivity index (χ3v) is 5.42. The highest BCUT2D eigenvalue weighted by atomic mass is 32.2. The maximum Gasteiger partial charge on any atom is 0.237 e. The Hall–Kier alpha value is -2.86. The Bertz CT molecular complexity index is 935. The Morgan fingerprint density at radius 2 is 1.89 bits per heavy atom. The number of hydrogen-bond donors (Lipinski definition) is 1. The zero-order valence-electron chi connectivity index (χ0n) is 16.1. The second-order valence-corrected chi connectivity index (χ2v) is 7.68. The summed E-state index contributed by atoms with van der Waals surface area (Å²) >= 11 is 1.39. The zero-order chi connectivity index (χ0) is 19.9. The van der Waals surface area contributed by atoms with E-state index < -0.39 is 0 Å². The van der Waals surface area contributed by atoms with Crippen LogP contribution in [-0.2, 0) is 17.8 Å². The van der Waals surface area contributed by atoms with Crippen molar-refractivity contribution in [2.24, 2.45) is 0 Å². The Kier molecular flexibility index (Phi) is 6.66. The number of allylic oxidation sites excluding steroid dienone is 1. The lowest BCUT2D eigenvalue weighted by atomic mass is 10.1. The van der Waals surface area contributed by atoms with Gasteiger partial charge >= 0.3 is 0 Å². The number of rotatable bonds is 8. The van der Waals surface area contributed by atoms with Crippen molar-refractivity contribution in [2.45, 2.75) is 37.2 Å². The van der Waals surface area contributed by atoms with Crippen molar-refractivity contribution in [3.8, 4) is 11.4 Å². The molecule has 144 valence electrons. The van der Waals surface area contributed by atoms with E-state index in [4.69, 9.17) is 0 Å². The largest absolute Gasteiger partial charge is 0.325 e. The number of nitrogens with zero attached hydrogens (tertiary/aromatic N) is 3. The summed E-state index contributed by atoms with van der Waals surface area (Å²) in [5.74, 6) is 0.703. The number of amides is 1. The molecule has 0 radical (unpaired) electrons. The first kappa shape index (κ1) is 19.9. The molecular formula is C22H24N4OS. The standard InChI is InChI=1S/C22H24N4OS/c1-4-15-26-20(18-9-7-6-8-10-18)24-25-22(26)28-16(3)21(27)23-19-13-11-17(5-2)12-14-19/h4,6-14,16H,1,5,15H2,2-3H3,(H,23,27)/t16-/m0/s1. The van der Waals surface area contributed by atoms with E-state index in [0.717, 1.165) is 23.5 Å². The van der Waals surface area contributed by atoms with Gasteiger partial charge in [0.05, 0.1) is 5.25 Å². The predicted molar refractivity (Wildman–Crippen MR) is 115 cm³/mol. The van der Waals surface area contributed by atoms with Crippen LogP contribution >= 0.6 is 11.8 Å². The molecule has 6 heteroatoms. The summed E-state index contributed by atoms with van der Waals surface area (Å²) in [6.45, 7) is 8.38. The molecule has 0 aliphatic rings. The highest BCUT2D eigenvalue weighted by molar-refractivity contribution is 8.00. The van der Waals surface area contributed by atoms with Gasteiger partial charge in [-0.3, -0.25) is 9.36 Å². The van der Waals surface area contributed by atoms with E-state index in [0.29, 0.717) is 11.7 Å². The van der Waals surface area contributed by atoms with Crippen molar-refractivity contribution in [3.05, 3.63) is 72.8 Å². The average Bonchev–Trinajstić information content (AvgIpc) is 3.11. The molecule has 1 aromatic heterocycles. The molecule has 2 aromatic carbocycles. The van der Waals surface area contributed by atoms with Gasteiger partial charge in [-0.05, 0) is 31.0 Å². The molecular weight excluding hydrogens is 368 g/mol. The summed E-state index contributed by atoms with van der Waals surface area (Å²) in [6, 6.07) is 17.8. The first-order valence-electron chi connectivity index (χ1n) is 9.28. The van der Waals surface area contributed by atoms with E-state index in [2.05, 4.69) is 29.0 Å². The summed E-state index contributed by atoms with van der Waals surface area (Å²) in [6.07, 6.45) is 2.78. The normalized spacial score (nSPS) is 11.8. The molecule has 0 aliphatic carbocycles. The molecule has 5 nitrogen and oxygen atoms in total. The van der Waals surface area contributed by atoms with Gasteiger partial charge in [0.1, 0.15) is 0 Å². The van der Waals surface area contributed by atoms with Gasteiger partial charge in [-0.25, -0.2) is 0 Å². The van der Waals surface area contributed by atoms with Crippen molar-refractivity contribution < 1.29 is 4.79 Å². The lowest BCUT2D eigenvalue weighted by Gasteiger charge is -2.13. The van der Waals surface area contributed by atoms with Crippen LogP contribution in [-0.4, -0.2) is 25.9 Å². The number of thioether (sulfide) groups is 1. The summed E-state index contributed by atoms with van der Waals surface area (Å²) < 4.78 is 1.98. The van der Waals surface area contributed by atoms with Gasteiger partial charge in [-0.15, -0.1) is 16.8 Å². The van der Waals surface area contributed by atoms with Gasteiger partial charge in [0.2, 0.25) is 5.91 Å². The van der Waals surface area contributed by atoms with Gasteiger partial charge in [0, 0.05) is 17.8 Å². The maximum absolute atomic E-state index is 12.6. The van der Waals surface area contributed by atoms with Gasteiger partial charge < -0.3 is 5.32 Å². The van der Waals surface area contributed by atoms with E-state index in [1.165, 1.54) is 17.3 Å². The van der Waals surface area contributed by atoms with Crippen molar-refractivity contribution in [1.29, 1.82) is 0 Å². The van der Waals surface area contributed by atoms with Gasteiger partial charge in [-0.1, -0.05) is 67.2 Å². The third-order valence-electron chi connectivity index (χ3n) is 4.34. The second kappa shape index (κ2) is 9.37. The third kappa shape index (κ3) is 4.70. The lowest BCUT2D eigenvalue weighted by molar-refractivity contribution is -0.115. The van der Waals surface area contributed by atoms with Crippen LogP contribution in [0.2, 0.25) is 0 Å². The van der Waals surface area contributed by atoms with E-state index in [9.17, 15) is 4.79 Å². The zero-order valence-corrected chi connectivity index (χ0v) is 16.9. The minimum Gasteiger partial charge on any atom is -0.325 e. The van der Waals surface area contributed by atoms with Gasteiger partial charge in [0.25, 0.3) is 0 Å². The number of hydrogen-bond acceptors (Lipinski definition) is 4. The van der Waals surface area contributed by atoms with E-state index >= 15 is 0 Å². The van der Waals surface area contributed by atoms with Crippen LogP contribution in [0.4, 0.5) is 5.69 Å². The fraction of sp³-hybridized carbons (Fsp3) is 0.227. The Morgan fingerprint density at radius 1 is 1.18 bits per heavy atom. The van der Waals surface area contributed by atoms with Gasteiger partial charge in [0.15, 0.2) is 11.0 Å². The minimum atomic E-state index is -0.317. The SMILES string of the molecule is C=CCn1c(S[C@@H](C)C(=O)Nc2ccc(CC)cc2)nnc1-c1ccccc1. The van der Waals surface area contributed by atoms with E-state index in [1.807, 2.05) is 66.1 Å². The first-order valence-corrected chi connectivity index (χ1v) is 10.2. The molecule has 1 N–H and O–H groups in total. The highest BCUT2D eigenvalue weighted by Crippen LogP contribution is 2.27. The second-order valence-electron chi connectivity index (χ2n) is 6.37. The van der Waals surface area contributed by atoms with E-state index in [1.54, 1.807) is 6.08 Å². The number of aryl methyl sites for hydroxylation is 1. The van der Waals surface area contributed by atoms with Gasteiger partial charge in [-0.2, -0.15) is 0 Å². The van der Waals surface area contributed by atoms with Crippen LogP contribution < -0.4 is 5.32 Å². The monoisotopic (exact) mass is 392 g/mol. The molecule has 0 aliphatic heterocycles. The van der Waals surface area contributed by atoms with E-state index in [-0.39, 0.29) is 11.2 Å². The fourth-order valence-corrected chi connectivity index (χ4v) is 3.61. The molecule has 3 rings (SSSR count). The Labute approximate surface area is 169 Å². The first-order chi connectivity index (χ1) is 13.6. The number of nitrogens with one attached hydrogen (secondary N) is 1. The van der Waals surface area contributed by atoms with Crippen LogP contribution in [0.15, 0.2) is 72.4 Å². The van der Waals surface area contributed by atoms with Crippen molar-refractivity contribution in [1.82, 2.24) is 14.8 Å². The molecule has 0 unspecified atom stereocenters. The van der Waals surface area contributed by atoms with Crippen molar-refractivity contribution in [2.75, 3.05) is 5.32 Å². The molecule has 0 bridgehead atoms. The average molecular weight is 393 g/mol. The molecule has 0 spiro atoms. The van der Waals surface area contributed by atoms with Crippen molar-refractivity contribution >= 4 is 23.4 Å².